The maximum Gasteiger partial charge on any atom is 0.273 e. The van der Waals surface area contributed by atoms with Crippen molar-refractivity contribution in [2.24, 2.45) is 0 Å². The molecule has 1 fully saturated rings. The summed E-state index contributed by atoms with van der Waals surface area (Å²) in [4.78, 5) is 23.3. The van der Waals surface area contributed by atoms with Crippen molar-refractivity contribution < 1.29 is 4.79 Å². The molecule has 3 heterocycles. The van der Waals surface area contributed by atoms with Crippen molar-refractivity contribution in [1.82, 2.24) is 14.9 Å². The number of hydrogen-bond donors (Lipinski definition) is 0. The number of hydrogen-bond acceptors (Lipinski definition) is 4. The number of likely N-dealkylation sites (tertiary alicyclic amines) is 1. The Kier molecular flexibility index (Phi) is 4.29. The van der Waals surface area contributed by atoms with Gasteiger partial charge in [-0.05, 0) is 37.8 Å². The van der Waals surface area contributed by atoms with Crippen LogP contribution in [0, 0.1) is 0 Å². The summed E-state index contributed by atoms with van der Waals surface area (Å²) in [7, 11) is 0. The zero-order chi connectivity index (χ0) is 14.7. The van der Waals surface area contributed by atoms with Gasteiger partial charge in [0, 0.05) is 35.9 Å². The van der Waals surface area contributed by atoms with Gasteiger partial charge in [0.1, 0.15) is 10.7 Å². The van der Waals surface area contributed by atoms with E-state index >= 15 is 0 Å². The summed E-state index contributed by atoms with van der Waals surface area (Å²) in [5, 5.41) is 2.72. The molecular formula is C16H19N3OS. The van der Waals surface area contributed by atoms with Gasteiger partial charge >= 0.3 is 0 Å². The Hall–Kier alpha value is -1.75. The van der Waals surface area contributed by atoms with Gasteiger partial charge in [0.25, 0.3) is 5.91 Å². The fourth-order valence-electron chi connectivity index (χ4n) is 2.83. The molecule has 0 radical (unpaired) electrons. The standard InChI is InChI=1S/C16H19N3OS/c1-2-13-7-3-4-9-19(13)16(20)14-11-21-15(18-14)12-6-5-8-17-10-12/h5-6,8,10-11,13H,2-4,7,9H2,1H3. The van der Waals surface area contributed by atoms with Crippen LogP contribution in [0.1, 0.15) is 43.1 Å². The van der Waals surface area contributed by atoms with Crippen molar-refractivity contribution >= 4 is 17.2 Å². The van der Waals surface area contributed by atoms with Crippen molar-refractivity contribution in [1.29, 1.82) is 0 Å². The summed E-state index contributed by atoms with van der Waals surface area (Å²) in [6, 6.07) is 4.22. The van der Waals surface area contributed by atoms with Gasteiger partial charge < -0.3 is 4.90 Å². The lowest BCUT2D eigenvalue weighted by atomic mass is 10.00. The van der Waals surface area contributed by atoms with Gasteiger partial charge in [-0.3, -0.25) is 9.78 Å². The van der Waals surface area contributed by atoms with Crippen molar-refractivity contribution in [2.45, 2.75) is 38.6 Å². The van der Waals surface area contributed by atoms with E-state index in [9.17, 15) is 4.79 Å². The fourth-order valence-corrected chi connectivity index (χ4v) is 3.62. The van der Waals surface area contributed by atoms with E-state index < -0.39 is 0 Å². The minimum atomic E-state index is 0.0768. The van der Waals surface area contributed by atoms with E-state index in [1.807, 2.05) is 22.4 Å². The van der Waals surface area contributed by atoms with Crippen LogP contribution >= 0.6 is 11.3 Å². The first-order valence-electron chi connectivity index (χ1n) is 7.46. The second kappa shape index (κ2) is 6.35. The SMILES string of the molecule is CCC1CCCCN1C(=O)c1csc(-c2cccnc2)n1. The molecule has 0 saturated carbocycles. The molecule has 1 saturated heterocycles. The molecule has 21 heavy (non-hydrogen) atoms. The summed E-state index contributed by atoms with van der Waals surface area (Å²) in [5.41, 5.74) is 1.53. The average molecular weight is 301 g/mol. The van der Waals surface area contributed by atoms with Gasteiger partial charge in [-0.2, -0.15) is 0 Å². The monoisotopic (exact) mass is 301 g/mol. The molecule has 3 rings (SSSR count). The topological polar surface area (TPSA) is 46.1 Å². The molecule has 1 amide bonds. The zero-order valence-electron chi connectivity index (χ0n) is 12.2. The maximum atomic E-state index is 12.7. The lowest BCUT2D eigenvalue weighted by Gasteiger charge is -2.34. The number of carbonyl (C=O) groups excluding carboxylic acids is 1. The summed E-state index contributed by atoms with van der Waals surface area (Å²) in [5.74, 6) is 0.0768. The third-order valence-electron chi connectivity index (χ3n) is 3.99. The first kappa shape index (κ1) is 14.2. The molecule has 5 heteroatoms. The Morgan fingerprint density at radius 3 is 3.14 bits per heavy atom. The van der Waals surface area contributed by atoms with Crippen LogP contribution < -0.4 is 0 Å². The molecule has 2 aromatic heterocycles. The number of nitrogens with zero attached hydrogens (tertiary/aromatic N) is 3. The largest absolute Gasteiger partial charge is 0.334 e. The Bertz CT molecular complexity index is 611. The van der Waals surface area contributed by atoms with E-state index in [-0.39, 0.29) is 5.91 Å². The summed E-state index contributed by atoms with van der Waals surface area (Å²) >= 11 is 1.51. The van der Waals surface area contributed by atoms with E-state index in [1.165, 1.54) is 17.8 Å². The van der Waals surface area contributed by atoms with Gasteiger partial charge in [-0.25, -0.2) is 4.98 Å². The Balaban J connectivity index is 1.81. The third-order valence-corrected chi connectivity index (χ3v) is 4.88. The van der Waals surface area contributed by atoms with Crippen LogP contribution in [0.25, 0.3) is 10.6 Å². The van der Waals surface area contributed by atoms with Crippen molar-refractivity contribution in [3.05, 3.63) is 35.6 Å². The summed E-state index contributed by atoms with van der Waals surface area (Å²) in [6.07, 6.45) is 7.97. The third kappa shape index (κ3) is 2.97. The second-order valence-corrected chi connectivity index (χ2v) is 6.19. The molecule has 0 aliphatic carbocycles. The highest BCUT2D eigenvalue weighted by Gasteiger charge is 2.27. The number of amides is 1. The number of aromatic nitrogens is 2. The van der Waals surface area contributed by atoms with Crippen molar-refractivity contribution in [3.8, 4) is 10.6 Å². The first-order valence-corrected chi connectivity index (χ1v) is 8.34. The molecular weight excluding hydrogens is 282 g/mol. The van der Waals surface area contributed by atoms with Crippen LogP contribution in [-0.4, -0.2) is 33.4 Å². The molecule has 0 spiro atoms. The lowest BCUT2D eigenvalue weighted by Crippen LogP contribution is -2.43. The van der Waals surface area contributed by atoms with E-state index in [4.69, 9.17) is 0 Å². The molecule has 4 nitrogen and oxygen atoms in total. The van der Waals surface area contributed by atoms with Crippen LogP contribution in [0.5, 0.6) is 0 Å². The number of rotatable bonds is 3. The van der Waals surface area contributed by atoms with Crippen molar-refractivity contribution in [2.75, 3.05) is 6.54 Å². The van der Waals surface area contributed by atoms with E-state index in [1.54, 1.807) is 12.4 Å². The average Bonchev–Trinajstić information content (AvgIpc) is 3.05. The smallest absolute Gasteiger partial charge is 0.273 e. The Morgan fingerprint density at radius 2 is 2.38 bits per heavy atom. The van der Waals surface area contributed by atoms with Crippen LogP contribution in [0.15, 0.2) is 29.9 Å². The summed E-state index contributed by atoms with van der Waals surface area (Å²) in [6.45, 7) is 3.01. The highest BCUT2D eigenvalue weighted by atomic mass is 32.1. The van der Waals surface area contributed by atoms with E-state index in [2.05, 4.69) is 16.9 Å². The van der Waals surface area contributed by atoms with Crippen LogP contribution in [-0.2, 0) is 0 Å². The fraction of sp³-hybridized carbons (Fsp3) is 0.438. The molecule has 2 aromatic rings. The molecule has 110 valence electrons. The zero-order valence-corrected chi connectivity index (χ0v) is 13.0. The van der Waals surface area contributed by atoms with Crippen molar-refractivity contribution in [3.63, 3.8) is 0 Å². The van der Waals surface area contributed by atoms with E-state index in [0.717, 1.165) is 36.4 Å². The normalized spacial score (nSPS) is 18.7. The Labute approximate surface area is 128 Å². The highest BCUT2D eigenvalue weighted by Crippen LogP contribution is 2.26. The predicted octanol–water partition coefficient (Wildman–Crippen LogP) is 3.61. The molecule has 1 atom stereocenters. The van der Waals surface area contributed by atoms with Crippen LogP contribution in [0.2, 0.25) is 0 Å². The van der Waals surface area contributed by atoms with Gasteiger partial charge in [-0.1, -0.05) is 6.92 Å². The maximum absolute atomic E-state index is 12.7. The van der Waals surface area contributed by atoms with Gasteiger partial charge in [0.2, 0.25) is 0 Å². The minimum Gasteiger partial charge on any atom is -0.334 e. The minimum absolute atomic E-state index is 0.0768. The van der Waals surface area contributed by atoms with Gasteiger partial charge in [-0.15, -0.1) is 11.3 Å². The lowest BCUT2D eigenvalue weighted by molar-refractivity contribution is 0.0603. The predicted molar refractivity (Wildman–Crippen MR) is 84.3 cm³/mol. The highest BCUT2D eigenvalue weighted by molar-refractivity contribution is 7.13. The number of carbonyl (C=O) groups is 1. The van der Waals surface area contributed by atoms with Crippen LogP contribution in [0.3, 0.4) is 0 Å². The molecule has 1 aliphatic rings. The molecule has 1 unspecified atom stereocenters. The quantitative estimate of drug-likeness (QED) is 0.870. The number of thiazole rings is 1. The van der Waals surface area contributed by atoms with Gasteiger partial charge in [0.05, 0.1) is 0 Å². The number of piperidine rings is 1. The van der Waals surface area contributed by atoms with Crippen LogP contribution in [0.4, 0.5) is 0 Å². The first-order chi connectivity index (χ1) is 10.3. The molecule has 0 N–H and O–H groups in total. The second-order valence-electron chi connectivity index (χ2n) is 5.34. The van der Waals surface area contributed by atoms with E-state index in [0.29, 0.717) is 11.7 Å². The Morgan fingerprint density at radius 1 is 1.48 bits per heavy atom. The molecule has 0 bridgehead atoms. The molecule has 0 aromatic carbocycles. The van der Waals surface area contributed by atoms with Gasteiger partial charge in [0.15, 0.2) is 0 Å². The molecule has 1 aliphatic heterocycles. The number of pyridine rings is 1. The summed E-state index contributed by atoms with van der Waals surface area (Å²) < 4.78 is 0.